The lowest BCUT2D eigenvalue weighted by molar-refractivity contribution is -0.128. The Balaban J connectivity index is 1.45. The lowest BCUT2D eigenvalue weighted by Gasteiger charge is -2.33. The largest absolute Gasteiger partial charge is 0.356 e. The van der Waals surface area contributed by atoms with Crippen LogP contribution in [0.4, 0.5) is 11.5 Å². The molecule has 2 amide bonds. The number of hydrogen-bond donors (Lipinski definition) is 2. The number of rotatable bonds is 6. The van der Waals surface area contributed by atoms with Gasteiger partial charge >= 0.3 is 0 Å². The normalized spacial score (nSPS) is 13.2. The maximum atomic E-state index is 13.4. The Hall–Kier alpha value is -3.39. The van der Waals surface area contributed by atoms with Gasteiger partial charge in [0.15, 0.2) is 5.82 Å². The standard InChI is InChI=1S/C30H28Cl3N5O2/c1-30(2,3)29(40)34-16-18-7-12-22(32)24(25(18)33)28(39)35-20-10-11-21-23(15-20)36-26(17-5-8-19(31)9-6-17)37-27(21)38-13-4-14-38/h5-12,15H,4,13-14,16H2,1-3H3,(H,34,40)(H,35,39). The van der Waals surface area contributed by atoms with Crippen molar-refractivity contribution in [1.29, 1.82) is 0 Å². The summed E-state index contributed by atoms with van der Waals surface area (Å²) in [6.45, 7) is 7.49. The van der Waals surface area contributed by atoms with Gasteiger partial charge in [-0.1, -0.05) is 61.6 Å². The van der Waals surface area contributed by atoms with E-state index in [9.17, 15) is 9.59 Å². The molecule has 0 spiro atoms. The molecular weight excluding hydrogens is 569 g/mol. The van der Waals surface area contributed by atoms with E-state index < -0.39 is 11.3 Å². The van der Waals surface area contributed by atoms with Crippen molar-refractivity contribution in [3.63, 3.8) is 0 Å². The zero-order valence-corrected chi connectivity index (χ0v) is 24.6. The van der Waals surface area contributed by atoms with Gasteiger partial charge in [-0.05, 0) is 60.5 Å². The van der Waals surface area contributed by atoms with Crippen LogP contribution in [0, 0.1) is 5.41 Å². The van der Waals surface area contributed by atoms with Crippen molar-refractivity contribution in [2.75, 3.05) is 23.3 Å². The average molecular weight is 597 g/mol. The van der Waals surface area contributed by atoms with Crippen LogP contribution in [0.15, 0.2) is 54.6 Å². The maximum absolute atomic E-state index is 13.4. The molecule has 0 radical (unpaired) electrons. The fraction of sp³-hybridized carbons (Fsp3) is 0.267. The number of fused-ring (bicyclic) bond motifs is 1. The maximum Gasteiger partial charge on any atom is 0.258 e. The van der Waals surface area contributed by atoms with Gasteiger partial charge < -0.3 is 15.5 Å². The number of anilines is 2. The van der Waals surface area contributed by atoms with Crippen molar-refractivity contribution in [3.05, 3.63) is 80.8 Å². The van der Waals surface area contributed by atoms with E-state index >= 15 is 0 Å². The third-order valence-electron chi connectivity index (χ3n) is 6.71. The first-order valence-electron chi connectivity index (χ1n) is 12.9. The van der Waals surface area contributed by atoms with E-state index in [1.165, 1.54) is 0 Å². The SMILES string of the molecule is CC(C)(C)C(=O)NCc1ccc(Cl)c(C(=O)Nc2ccc3c(N4CCC4)nc(-c4ccc(Cl)cc4)nc3c2)c1Cl. The highest BCUT2D eigenvalue weighted by molar-refractivity contribution is 6.41. The highest BCUT2D eigenvalue weighted by Crippen LogP contribution is 2.33. The lowest BCUT2D eigenvalue weighted by atomic mass is 9.95. The number of hydrogen-bond acceptors (Lipinski definition) is 5. The number of aromatic nitrogens is 2. The molecule has 0 bridgehead atoms. The van der Waals surface area contributed by atoms with Crippen LogP contribution in [-0.4, -0.2) is 34.9 Å². The second kappa shape index (κ2) is 11.2. The van der Waals surface area contributed by atoms with E-state index in [0.29, 0.717) is 27.6 Å². The van der Waals surface area contributed by atoms with Gasteiger partial charge in [-0.15, -0.1) is 0 Å². The van der Waals surface area contributed by atoms with Crippen molar-refractivity contribution < 1.29 is 9.59 Å². The van der Waals surface area contributed by atoms with Crippen LogP contribution in [0.3, 0.4) is 0 Å². The molecule has 0 aliphatic carbocycles. The number of benzene rings is 3. The highest BCUT2D eigenvalue weighted by Gasteiger charge is 2.24. The summed E-state index contributed by atoms with van der Waals surface area (Å²) in [5.41, 5.74) is 2.24. The third-order valence-corrected chi connectivity index (χ3v) is 7.71. The van der Waals surface area contributed by atoms with Crippen LogP contribution in [0.2, 0.25) is 15.1 Å². The molecular formula is C30H28Cl3N5O2. The molecule has 1 fully saturated rings. The molecule has 1 aromatic heterocycles. The molecule has 5 rings (SSSR count). The smallest absolute Gasteiger partial charge is 0.258 e. The highest BCUT2D eigenvalue weighted by atomic mass is 35.5. The summed E-state index contributed by atoms with van der Waals surface area (Å²) < 4.78 is 0. The van der Waals surface area contributed by atoms with Gasteiger partial charge in [0.1, 0.15) is 5.82 Å². The molecule has 1 aliphatic rings. The summed E-state index contributed by atoms with van der Waals surface area (Å²) in [5.74, 6) is 0.840. The minimum atomic E-state index is -0.554. The molecule has 1 aliphatic heterocycles. The topological polar surface area (TPSA) is 87.2 Å². The van der Waals surface area contributed by atoms with E-state index in [1.54, 1.807) is 24.3 Å². The Bertz CT molecular complexity index is 1610. The van der Waals surface area contributed by atoms with Crippen LogP contribution >= 0.6 is 34.8 Å². The molecule has 2 N–H and O–H groups in total. The molecule has 40 heavy (non-hydrogen) atoms. The zero-order chi connectivity index (χ0) is 28.6. The van der Waals surface area contributed by atoms with Gasteiger partial charge in [0, 0.05) is 46.7 Å². The zero-order valence-electron chi connectivity index (χ0n) is 22.3. The van der Waals surface area contributed by atoms with Crippen molar-refractivity contribution in [2.24, 2.45) is 5.41 Å². The molecule has 4 aromatic rings. The summed E-state index contributed by atoms with van der Waals surface area (Å²) >= 11 is 19.1. The quantitative estimate of drug-likeness (QED) is 0.242. The third kappa shape index (κ3) is 5.87. The van der Waals surface area contributed by atoms with Gasteiger partial charge in [-0.2, -0.15) is 0 Å². The first kappa shape index (κ1) is 28.1. The fourth-order valence-electron chi connectivity index (χ4n) is 4.26. The molecule has 10 heteroatoms. The fourth-order valence-corrected chi connectivity index (χ4v) is 5.00. The summed E-state index contributed by atoms with van der Waals surface area (Å²) in [4.78, 5) is 37.6. The first-order valence-corrected chi connectivity index (χ1v) is 14.0. The van der Waals surface area contributed by atoms with Crippen LogP contribution < -0.4 is 15.5 Å². The first-order chi connectivity index (χ1) is 19.0. The van der Waals surface area contributed by atoms with Crippen LogP contribution in [0.1, 0.15) is 43.1 Å². The minimum Gasteiger partial charge on any atom is -0.356 e. The van der Waals surface area contributed by atoms with E-state index in [2.05, 4.69) is 15.5 Å². The minimum absolute atomic E-state index is 0.127. The van der Waals surface area contributed by atoms with E-state index in [1.807, 2.05) is 51.1 Å². The molecule has 7 nitrogen and oxygen atoms in total. The van der Waals surface area contributed by atoms with Crippen LogP contribution in [0.5, 0.6) is 0 Å². The summed E-state index contributed by atoms with van der Waals surface area (Å²) in [6, 6.07) is 16.2. The van der Waals surface area contributed by atoms with Gasteiger partial charge in [-0.25, -0.2) is 9.97 Å². The number of amides is 2. The van der Waals surface area contributed by atoms with E-state index in [-0.39, 0.29) is 28.1 Å². The summed E-state index contributed by atoms with van der Waals surface area (Å²) in [5, 5.41) is 7.69. The predicted molar refractivity (Wildman–Crippen MR) is 163 cm³/mol. The molecule has 0 saturated carbocycles. The number of nitrogens with zero attached hydrogens (tertiary/aromatic N) is 3. The molecule has 1 saturated heterocycles. The van der Waals surface area contributed by atoms with E-state index in [4.69, 9.17) is 44.8 Å². The van der Waals surface area contributed by atoms with Crippen molar-refractivity contribution in [3.8, 4) is 11.4 Å². The Morgan fingerprint density at radius 1 is 0.950 bits per heavy atom. The second-order valence-electron chi connectivity index (χ2n) is 10.7. The van der Waals surface area contributed by atoms with E-state index in [0.717, 1.165) is 36.3 Å². The Kier molecular flexibility index (Phi) is 7.91. The van der Waals surface area contributed by atoms with Gasteiger partial charge in [0.25, 0.3) is 5.91 Å². The van der Waals surface area contributed by atoms with Crippen molar-refractivity contribution >= 4 is 69.0 Å². The molecule has 206 valence electrons. The van der Waals surface area contributed by atoms with Gasteiger partial charge in [0.2, 0.25) is 5.91 Å². The Labute approximate surface area is 247 Å². The number of carbonyl (C=O) groups excluding carboxylic acids is 2. The Morgan fingerprint density at radius 2 is 1.68 bits per heavy atom. The number of nitrogens with one attached hydrogen (secondary N) is 2. The monoisotopic (exact) mass is 595 g/mol. The van der Waals surface area contributed by atoms with Gasteiger partial charge in [-0.3, -0.25) is 9.59 Å². The van der Waals surface area contributed by atoms with Gasteiger partial charge in [0.05, 0.1) is 21.1 Å². The predicted octanol–water partition coefficient (Wildman–Crippen LogP) is 7.38. The second-order valence-corrected chi connectivity index (χ2v) is 12.0. The summed E-state index contributed by atoms with van der Waals surface area (Å²) in [6.07, 6.45) is 1.11. The molecule has 3 aromatic carbocycles. The molecule has 0 atom stereocenters. The number of carbonyl (C=O) groups is 2. The van der Waals surface area contributed by atoms with Crippen LogP contribution in [-0.2, 0) is 11.3 Å². The van der Waals surface area contributed by atoms with Crippen molar-refractivity contribution in [2.45, 2.75) is 33.7 Å². The van der Waals surface area contributed by atoms with Crippen LogP contribution in [0.25, 0.3) is 22.3 Å². The van der Waals surface area contributed by atoms with Crippen molar-refractivity contribution in [1.82, 2.24) is 15.3 Å². The molecule has 2 heterocycles. The Morgan fingerprint density at radius 3 is 2.33 bits per heavy atom. The summed E-state index contributed by atoms with van der Waals surface area (Å²) in [7, 11) is 0. The average Bonchev–Trinajstić information content (AvgIpc) is 2.86. The molecule has 0 unspecified atom stereocenters. The number of halogens is 3. The lowest BCUT2D eigenvalue weighted by Crippen LogP contribution is -2.37.